The molecular weight excluding hydrogens is 254 g/mol. The molecule has 1 saturated heterocycles. The third-order valence-corrected chi connectivity index (χ3v) is 4.22. The summed E-state index contributed by atoms with van der Waals surface area (Å²) in [5.74, 6) is 2.50. The maximum Gasteiger partial charge on any atom is 0.337 e. The zero-order valence-electron chi connectivity index (χ0n) is 11.9. The molecule has 0 spiro atoms. The lowest BCUT2D eigenvalue weighted by Crippen LogP contribution is -2.25. The average Bonchev–Trinajstić information content (AvgIpc) is 3.10. The number of hydrogen-bond donors (Lipinski definition) is 0. The predicted octanol–water partition coefficient (Wildman–Crippen LogP) is 2.19. The zero-order chi connectivity index (χ0) is 13.9. The van der Waals surface area contributed by atoms with Gasteiger partial charge in [-0.15, -0.1) is 0 Å². The van der Waals surface area contributed by atoms with Gasteiger partial charge in [-0.1, -0.05) is 0 Å². The van der Waals surface area contributed by atoms with Gasteiger partial charge in [-0.05, 0) is 48.9 Å². The Morgan fingerprint density at radius 3 is 2.60 bits per heavy atom. The maximum absolute atomic E-state index is 11.3. The smallest absolute Gasteiger partial charge is 0.337 e. The van der Waals surface area contributed by atoms with Crippen molar-refractivity contribution in [3.05, 3.63) is 29.8 Å². The largest absolute Gasteiger partial charge is 0.494 e. The van der Waals surface area contributed by atoms with Gasteiger partial charge < -0.3 is 14.4 Å². The molecular formula is C16H21NO3. The Morgan fingerprint density at radius 2 is 1.95 bits per heavy atom. The molecule has 2 aliphatic rings. The lowest BCUT2D eigenvalue weighted by Gasteiger charge is -2.17. The number of hydrogen-bond acceptors (Lipinski definition) is 4. The fourth-order valence-corrected chi connectivity index (χ4v) is 2.96. The summed E-state index contributed by atoms with van der Waals surface area (Å²) < 4.78 is 10.4. The Hall–Kier alpha value is -1.55. The first-order chi connectivity index (χ1) is 9.76. The average molecular weight is 275 g/mol. The van der Waals surface area contributed by atoms with Crippen molar-refractivity contribution >= 4 is 5.97 Å². The summed E-state index contributed by atoms with van der Waals surface area (Å²) in [6, 6.07) is 7.10. The summed E-state index contributed by atoms with van der Waals surface area (Å²) in [6.45, 7) is 4.44. The highest BCUT2D eigenvalue weighted by Crippen LogP contribution is 2.44. The lowest BCUT2D eigenvalue weighted by atomic mass is 10.2. The van der Waals surface area contributed by atoms with Crippen LogP contribution in [0.1, 0.15) is 23.2 Å². The van der Waals surface area contributed by atoms with Crippen molar-refractivity contribution in [2.45, 2.75) is 12.8 Å². The Bertz CT molecular complexity index is 461. The summed E-state index contributed by atoms with van der Waals surface area (Å²) in [7, 11) is 1.38. The minimum Gasteiger partial charge on any atom is -0.494 e. The molecule has 20 heavy (non-hydrogen) atoms. The van der Waals surface area contributed by atoms with E-state index in [4.69, 9.17) is 4.74 Å². The third kappa shape index (κ3) is 3.12. The topological polar surface area (TPSA) is 38.8 Å². The van der Waals surface area contributed by atoms with Crippen LogP contribution in [0, 0.1) is 11.8 Å². The minimum atomic E-state index is -0.316. The van der Waals surface area contributed by atoms with E-state index >= 15 is 0 Å². The molecule has 2 fully saturated rings. The van der Waals surface area contributed by atoms with Gasteiger partial charge in [-0.25, -0.2) is 4.79 Å². The minimum absolute atomic E-state index is 0.316. The molecule has 1 aliphatic carbocycles. The maximum atomic E-state index is 11.3. The second-order valence-corrected chi connectivity index (χ2v) is 5.73. The van der Waals surface area contributed by atoms with Gasteiger partial charge in [-0.2, -0.15) is 0 Å². The van der Waals surface area contributed by atoms with E-state index in [0.29, 0.717) is 5.56 Å². The predicted molar refractivity (Wildman–Crippen MR) is 75.9 cm³/mol. The zero-order valence-corrected chi connectivity index (χ0v) is 11.9. The number of benzene rings is 1. The number of carbonyl (C=O) groups excluding carboxylic acids is 1. The number of ether oxygens (including phenoxy) is 2. The summed E-state index contributed by atoms with van der Waals surface area (Å²) >= 11 is 0. The van der Waals surface area contributed by atoms with Crippen LogP contribution in [0.25, 0.3) is 0 Å². The highest BCUT2D eigenvalue weighted by molar-refractivity contribution is 5.89. The number of likely N-dealkylation sites (tertiary alicyclic amines) is 1. The Kier molecular flexibility index (Phi) is 3.92. The standard InChI is InChI=1S/C16H21NO3/c1-19-16(18)12-3-5-15(6-4-12)20-8-2-7-17-10-13-9-14(13)11-17/h3-6,13-14H,2,7-11H2,1H3/t13-,14+. The van der Waals surface area contributed by atoms with Crippen LogP contribution in [0.4, 0.5) is 0 Å². The fourth-order valence-electron chi connectivity index (χ4n) is 2.96. The molecule has 3 rings (SSSR count). The SMILES string of the molecule is COC(=O)c1ccc(OCCCN2C[C@H]3C[C@H]3C2)cc1. The molecule has 0 unspecified atom stereocenters. The van der Waals surface area contributed by atoms with Gasteiger partial charge in [0.05, 0.1) is 19.3 Å². The number of carbonyl (C=O) groups is 1. The van der Waals surface area contributed by atoms with Crippen molar-refractivity contribution in [1.82, 2.24) is 4.90 Å². The van der Waals surface area contributed by atoms with E-state index in [1.165, 1.54) is 26.6 Å². The molecule has 0 amide bonds. The van der Waals surface area contributed by atoms with Crippen molar-refractivity contribution < 1.29 is 14.3 Å². The quantitative estimate of drug-likeness (QED) is 0.589. The second kappa shape index (κ2) is 5.83. The molecule has 1 aromatic carbocycles. The van der Waals surface area contributed by atoms with Crippen molar-refractivity contribution in [3.8, 4) is 5.75 Å². The number of nitrogens with zero attached hydrogens (tertiary/aromatic N) is 1. The molecule has 4 nitrogen and oxygen atoms in total. The van der Waals surface area contributed by atoms with Crippen LogP contribution >= 0.6 is 0 Å². The summed E-state index contributed by atoms with van der Waals surface area (Å²) in [4.78, 5) is 13.8. The van der Waals surface area contributed by atoms with Gasteiger partial charge in [0.25, 0.3) is 0 Å². The first-order valence-corrected chi connectivity index (χ1v) is 7.30. The third-order valence-electron chi connectivity index (χ3n) is 4.22. The summed E-state index contributed by atoms with van der Waals surface area (Å²) in [5, 5.41) is 0. The van der Waals surface area contributed by atoms with Gasteiger partial charge in [-0.3, -0.25) is 0 Å². The van der Waals surface area contributed by atoms with Crippen LogP contribution < -0.4 is 4.74 Å². The first-order valence-electron chi connectivity index (χ1n) is 7.30. The van der Waals surface area contributed by atoms with E-state index in [0.717, 1.165) is 37.2 Å². The highest BCUT2D eigenvalue weighted by atomic mass is 16.5. The van der Waals surface area contributed by atoms with Crippen molar-refractivity contribution in [2.75, 3.05) is 33.4 Å². The van der Waals surface area contributed by atoms with Crippen molar-refractivity contribution in [2.24, 2.45) is 11.8 Å². The number of piperidine rings is 1. The summed E-state index contributed by atoms with van der Waals surface area (Å²) in [5.41, 5.74) is 0.552. The van der Waals surface area contributed by atoms with E-state index in [1.807, 2.05) is 12.1 Å². The van der Waals surface area contributed by atoms with Crippen molar-refractivity contribution in [1.29, 1.82) is 0 Å². The molecule has 108 valence electrons. The lowest BCUT2D eigenvalue weighted by molar-refractivity contribution is 0.0600. The van der Waals surface area contributed by atoms with E-state index in [-0.39, 0.29) is 5.97 Å². The molecule has 4 heteroatoms. The number of methoxy groups -OCH3 is 1. The highest BCUT2D eigenvalue weighted by Gasteiger charge is 2.44. The number of rotatable bonds is 6. The van der Waals surface area contributed by atoms with E-state index in [9.17, 15) is 4.79 Å². The molecule has 2 atom stereocenters. The van der Waals surface area contributed by atoms with Gasteiger partial charge in [0, 0.05) is 19.6 Å². The Balaban J connectivity index is 1.36. The Labute approximate surface area is 119 Å². The van der Waals surface area contributed by atoms with Gasteiger partial charge in [0.2, 0.25) is 0 Å². The molecule has 1 aromatic rings. The number of fused-ring (bicyclic) bond motifs is 1. The molecule has 0 N–H and O–H groups in total. The van der Waals surface area contributed by atoms with Crippen LogP contribution in [0.3, 0.4) is 0 Å². The van der Waals surface area contributed by atoms with Gasteiger partial charge in [0.15, 0.2) is 0 Å². The molecule has 1 heterocycles. The molecule has 1 saturated carbocycles. The van der Waals surface area contributed by atoms with Crippen LogP contribution in [0.5, 0.6) is 5.75 Å². The molecule has 1 aliphatic heterocycles. The Morgan fingerprint density at radius 1 is 1.25 bits per heavy atom. The van der Waals surface area contributed by atoms with Crippen LogP contribution in [0.15, 0.2) is 24.3 Å². The molecule has 0 aromatic heterocycles. The van der Waals surface area contributed by atoms with Crippen LogP contribution in [0.2, 0.25) is 0 Å². The van der Waals surface area contributed by atoms with E-state index < -0.39 is 0 Å². The first kappa shape index (κ1) is 13.4. The number of esters is 1. The van der Waals surface area contributed by atoms with Crippen LogP contribution in [-0.4, -0.2) is 44.2 Å². The second-order valence-electron chi connectivity index (χ2n) is 5.73. The fraction of sp³-hybridized carbons (Fsp3) is 0.562. The monoisotopic (exact) mass is 275 g/mol. The van der Waals surface area contributed by atoms with Gasteiger partial charge >= 0.3 is 5.97 Å². The van der Waals surface area contributed by atoms with Gasteiger partial charge in [0.1, 0.15) is 5.75 Å². The van der Waals surface area contributed by atoms with E-state index in [1.54, 1.807) is 12.1 Å². The van der Waals surface area contributed by atoms with E-state index in [2.05, 4.69) is 9.64 Å². The van der Waals surface area contributed by atoms with Crippen LogP contribution in [-0.2, 0) is 4.74 Å². The molecule has 0 radical (unpaired) electrons. The molecule has 0 bridgehead atoms. The summed E-state index contributed by atoms with van der Waals surface area (Å²) in [6.07, 6.45) is 2.51. The normalized spacial score (nSPS) is 24.2. The van der Waals surface area contributed by atoms with Crippen molar-refractivity contribution in [3.63, 3.8) is 0 Å².